The van der Waals surface area contributed by atoms with E-state index in [1.54, 1.807) is 24.3 Å². The Morgan fingerprint density at radius 1 is 1.33 bits per heavy atom. The van der Waals surface area contributed by atoms with Gasteiger partial charge in [0, 0.05) is 11.0 Å². The molecule has 4 nitrogen and oxygen atoms in total. The summed E-state index contributed by atoms with van der Waals surface area (Å²) in [5, 5.41) is 5.35. The molecule has 0 saturated carbocycles. The Kier molecular flexibility index (Phi) is 5.67. The predicted molar refractivity (Wildman–Crippen MR) is 91.7 cm³/mol. The molecule has 114 valence electrons. The summed E-state index contributed by atoms with van der Waals surface area (Å²) in [5.41, 5.74) is 1.30. The molecule has 1 aromatic carbocycles. The molecule has 0 spiro atoms. The van der Waals surface area contributed by atoms with Crippen molar-refractivity contribution >= 4 is 54.6 Å². The second-order valence-electron chi connectivity index (χ2n) is 4.28. The van der Waals surface area contributed by atoms with Crippen LogP contribution in [-0.2, 0) is 16.6 Å². The molecule has 0 unspecified atom stereocenters. The van der Waals surface area contributed by atoms with Crippen LogP contribution in [0.5, 0.6) is 0 Å². The maximum absolute atomic E-state index is 12.4. The topological polar surface area (TPSA) is 58.2 Å². The molecular formula is C13H14BrClN2O2S2. The van der Waals surface area contributed by atoms with Gasteiger partial charge in [0.05, 0.1) is 10.7 Å². The van der Waals surface area contributed by atoms with Crippen molar-refractivity contribution in [2.75, 3.05) is 11.3 Å². The van der Waals surface area contributed by atoms with Gasteiger partial charge < -0.3 is 5.32 Å². The lowest BCUT2D eigenvalue weighted by Crippen LogP contribution is -2.13. The molecule has 0 aliphatic heterocycles. The first-order valence-electron chi connectivity index (χ1n) is 6.18. The van der Waals surface area contributed by atoms with Gasteiger partial charge in [-0.1, -0.05) is 34.5 Å². The Morgan fingerprint density at radius 3 is 2.81 bits per heavy atom. The van der Waals surface area contributed by atoms with Crippen molar-refractivity contribution in [2.24, 2.45) is 0 Å². The van der Waals surface area contributed by atoms with E-state index in [0.29, 0.717) is 17.3 Å². The minimum atomic E-state index is -3.62. The lowest BCUT2D eigenvalue weighted by Gasteiger charge is -2.08. The van der Waals surface area contributed by atoms with E-state index in [1.165, 1.54) is 11.3 Å². The number of hydrogen-bond acceptors (Lipinski definition) is 4. The van der Waals surface area contributed by atoms with Gasteiger partial charge in [0.2, 0.25) is 0 Å². The molecule has 0 aliphatic rings. The van der Waals surface area contributed by atoms with Crippen LogP contribution in [0.2, 0.25) is 5.02 Å². The molecule has 21 heavy (non-hydrogen) atoms. The molecule has 0 bridgehead atoms. The number of nitrogens with one attached hydrogen (secondary N) is 2. The Hall–Kier alpha value is -0.600. The van der Waals surface area contributed by atoms with Crippen LogP contribution >= 0.6 is 38.9 Å². The predicted octanol–water partition coefficient (Wildman–Crippen LogP) is 4.07. The summed E-state index contributed by atoms with van der Waals surface area (Å²) in [6, 6.07) is 6.68. The summed E-state index contributed by atoms with van der Waals surface area (Å²) in [5.74, 6) is 0. The highest BCUT2D eigenvalue weighted by atomic mass is 79.9. The molecule has 0 saturated heterocycles. The van der Waals surface area contributed by atoms with E-state index in [-0.39, 0.29) is 4.21 Å². The fraction of sp³-hybridized carbons (Fsp3) is 0.231. The molecule has 2 N–H and O–H groups in total. The van der Waals surface area contributed by atoms with Crippen LogP contribution in [0, 0.1) is 0 Å². The van der Waals surface area contributed by atoms with Crippen molar-refractivity contribution in [3.8, 4) is 0 Å². The zero-order valence-electron chi connectivity index (χ0n) is 11.2. The molecule has 1 heterocycles. The molecule has 1 aromatic heterocycles. The average Bonchev–Trinajstić information content (AvgIpc) is 2.90. The Bertz CT molecular complexity index is 732. The van der Waals surface area contributed by atoms with Gasteiger partial charge in [-0.05, 0) is 41.8 Å². The lowest BCUT2D eigenvalue weighted by molar-refractivity contribution is 0.603. The van der Waals surface area contributed by atoms with Crippen LogP contribution in [0.1, 0.15) is 12.5 Å². The lowest BCUT2D eigenvalue weighted by atomic mass is 10.3. The van der Waals surface area contributed by atoms with Gasteiger partial charge >= 0.3 is 0 Å². The van der Waals surface area contributed by atoms with Crippen LogP contribution in [0.4, 0.5) is 5.69 Å². The fourth-order valence-electron chi connectivity index (χ4n) is 1.63. The van der Waals surface area contributed by atoms with Gasteiger partial charge in [0.1, 0.15) is 4.21 Å². The maximum atomic E-state index is 12.4. The zero-order valence-corrected chi connectivity index (χ0v) is 15.2. The summed E-state index contributed by atoms with van der Waals surface area (Å²) < 4.78 is 28.3. The number of hydrogen-bond donors (Lipinski definition) is 2. The maximum Gasteiger partial charge on any atom is 0.271 e. The van der Waals surface area contributed by atoms with E-state index < -0.39 is 10.0 Å². The number of thiophene rings is 1. The second-order valence-corrected chi connectivity index (χ2v) is 8.43. The monoisotopic (exact) mass is 408 g/mol. The van der Waals surface area contributed by atoms with Gasteiger partial charge in [0.15, 0.2) is 0 Å². The van der Waals surface area contributed by atoms with Crippen LogP contribution in [-0.4, -0.2) is 15.0 Å². The highest BCUT2D eigenvalue weighted by molar-refractivity contribution is 9.10. The van der Waals surface area contributed by atoms with Crippen LogP contribution in [0.15, 0.2) is 38.3 Å². The smallest absolute Gasteiger partial charge is 0.271 e. The van der Waals surface area contributed by atoms with Gasteiger partial charge in [-0.2, -0.15) is 0 Å². The number of benzene rings is 1. The Balaban J connectivity index is 2.22. The fourth-order valence-corrected chi connectivity index (χ4v) is 4.49. The van der Waals surface area contributed by atoms with Gasteiger partial charge in [0.25, 0.3) is 10.0 Å². The van der Waals surface area contributed by atoms with Crippen LogP contribution < -0.4 is 10.0 Å². The van der Waals surface area contributed by atoms with Crippen molar-refractivity contribution in [2.45, 2.75) is 17.7 Å². The van der Waals surface area contributed by atoms with Crippen LogP contribution in [0.3, 0.4) is 0 Å². The van der Waals surface area contributed by atoms with Crippen molar-refractivity contribution in [3.05, 3.63) is 44.7 Å². The summed E-state index contributed by atoms with van der Waals surface area (Å²) in [6.07, 6.45) is 0. The van der Waals surface area contributed by atoms with Gasteiger partial charge in [-0.25, -0.2) is 8.42 Å². The Labute approximate surface area is 141 Å². The molecule has 0 radical (unpaired) electrons. The largest absolute Gasteiger partial charge is 0.313 e. The molecule has 0 atom stereocenters. The zero-order chi connectivity index (χ0) is 15.5. The van der Waals surface area contributed by atoms with E-state index in [9.17, 15) is 8.42 Å². The number of anilines is 1. The van der Waals surface area contributed by atoms with E-state index in [1.807, 2.05) is 12.3 Å². The van der Waals surface area contributed by atoms with E-state index >= 15 is 0 Å². The number of rotatable bonds is 6. The van der Waals surface area contributed by atoms with Crippen molar-refractivity contribution in [1.29, 1.82) is 0 Å². The first kappa shape index (κ1) is 16.8. The second kappa shape index (κ2) is 7.11. The van der Waals surface area contributed by atoms with Crippen molar-refractivity contribution < 1.29 is 8.42 Å². The minimum absolute atomic E-state index is 0.270. The van der Waals surface area contributed by atoms with E-state index in [0.717, 1.165) is 16.6 Å². The van der Waals surface area contributed by atoms with Crippen molar-refractivity contribution in [1.82, 2.24) is 5.32 Å². The minimum Gasteiger partial charge on any atom is -0.313 e. The highest BCUT2D eigenvalue weighted by Crippen LogP contribution is 2.29. The third kappa shape index (κ3) is 4.43. The third-order valence-electron chi connectivity index (χ3n) is 2.65. The quantitative estimate of drug-likeness (QED) is 0.756. The van der Waals surface area contributed by atoms with Crippen LogP contribution in [0.25, 0.3) is 0 Å². The Morgan fingerprint density at radius 2 is 2.10 bits per heavy atom. The van der Waals surface area contributed by atoms with Gasteiger partial charge in [-0.3, -0.25) is 4.72 Å². The summed E-state index contributed by atoms with van der Waals surface area (Å²) in [4.78, 5) is 0. The molecule has 8 heteroatoms. The van der Waals surface area contributed by atoms with E-state index in [2.05, 4.69) is 26.0 Å². The molecule has 2 aromatic rings. The standard InChI is InChI=1S/C13H14BrClN2O2S2/c1-2-16-7-9-5-13(20-8-9)21(18,19)17-12-6-10(14)3-4-11(12)15/h3-6,8,16-17H,2,7H2,1H3. The highest BCUT2D eigenvalue weighted by Gasteiger charge is 2.18. The summed E-state index contributed by atoms with van der Waals surface area (Å²) in [7, 11) is -3.62. The number of sulfonamides is 1. The first-order valence-corrected chi connectivity index (χ1v) is 9.71. The number of halogens is 2. The molecular weight excluding hydrogens is 396 g/mol. The third-order valence-corrected chi connectivity index (χ3v) is 6.32. The molecule has 0 fully saturated rings. The normalized spacial score (nSPS) is 11.6. The average molecular weight is 410 g/mol. The molecule has 0 aliphatic carbocycles. The van der Waals surface area contributed by atoms with Gasteiger partial charge in [-0.15, -0.1) is 11.3 Å². The molecule has 0 amide bonds. The SMILES string of the molecule is CCNCc1csc(S(=O)(=O)Nc2cc(Br)ccc2Cl)c1. The van der Waals surface area contributed by atoms with E-state index in [4.69, 9.17) is 11.6 Å². The van der Waals surface area contributed by atoms with Crippen molar-refractivity contribution in [3.63, 3.8) is 0 Å². The summed E-state index contributed by atoms with van der Waals surface area (Å²) in [6.45, 7) is 3.49. The molecule has 2 rings (SSSR count). The first-order chi connectivity index (χ1) is 9.92. The summed E-state index contributed by atoms with van der Waals surface area (Å²) >= 11 is 10.5.